The maximum absolute atomic E-state index is 9.07. The summed E-state index contributed by atoms with van der Waals surface area (Å²) in [7, 11) is 0. The molecule has 22 heavy (non-hydrogen) atoms. The molecular weight excluding hydrogens is 325 g/mol. The van der Waals surface area contributed by atoms with Crippen LogP contribution < -0.4 is 0 Å². The summed E-state index contributed by atoms with van der Waals surface area (Å²) >= 11 is 11.8. The van der Waals surface area contributed by atoms with Crippen LogP contribution in [0.1, 0.15) is 32.8 Å². The van der Waals surface area contributed by atoms with Crippen molar-refractivity contribution in [2.75, 3.05) is 6.61 Å². The Morgan fingerprint density at radius 3 is 2.59 bits per heavy atom. The van der Waals surface area contributed by atoms with Gasteiger partial charge in [-0.05, 0) is 24.1 Å². The van der Waals surface area contributed by atoms with Gasteiger partial charge in [-0.25, -0.2) is 4.98 Å². The first-order valence-corrected chi connectivity index (χ1v) is 7.38. The SMILES string of the molecule is C.CCCC(CO)OCc1ccc(Cl)cc1Cl.c1nc[nH]n1. The monoisotopic (exact) mass is 347 g/mol. The molecule has 1 atom stereocenters. The number of aliphatic hydroxyl groups is 1. The van der Waals surface area contributed by atoms with Crippen molar-refractivity contribution < 1.29 is 9.84 Å². The smallest absolute Gasteiger partial charge is 0.137 e. The van der Waals surface area contributed by atoms with Crippen LogP contribution in [0.2, 0.25) is 10.0 Å². The highest BCUT2D eigenvalue weighted by atomic mass is 35.5. The third-order valence-corrected chi connectivity index (χ3v) is 3.22. The molecule has 124 valence electrons. The first kappa shape index (κ1) is 20.9. The zero-order chi connectivity index (χ0) is 15.5. The lowest BCUT2D eigenvalue weighted by molar-refractivity contribution is -0.00241. The molecule has 1 heterocycles. The van der Waals surface area contributed by atoms with Gasteiger partial charge in [0.25, 0.3) is 0 Å². The Hall–Kier alpha value is -1.14. The molecule has 0 aliphatic heterocycles. The zero-order valence-corrected chi connectivity index (χ0v) is 13.3. The molecule has 0 saturated heterocycles. The third-order valence-electron chi connectivity index (χ3n) is 2.64. The largest absolute Gasteiger partial charge is 0.394 e. The summed E-state index contributed by atoms with van der Waals surface area (Å²) in [5.41, 5.74) is 0.889. The number of nitrogens with one attached hydrogen (secondary N) is 1. The van der Waals surface area contributed by atoms with Gasteiger partial charge in [0.05, 0.1) is 19.3 Å². The molecule has 1 aromatic carbocycles. The van der Waals surface area contributed by atoms with E-state index >= 15 is 0 Å². The van der Waals surface area contributed by atoms with Crippen molar-refractivity contribution in [1.82, 2.24) is 15.2 Å². The van der Waals surface area contributed by atoms with E-state index in [0.29, 0.717) is 16.7 Å². The molecule has 0 radical (unpaired) electrons. The molecule has 1 unspecified atom stereocenters. The highest BCUT2D eigenvalue weighted by Crippen LogP contribution is 2.22. The molecule has 2 aromatic rings. The Kier molecular flexibility index (Phi) is 11.8. The van der Waals surface area contributed by atoms with Crippen LogP contribution in [-0.4, -0.2) is 33.0 Å². The number of nitrogens with zero attached hydrogens (tertiary/aromatic N) is 2. The fourth-order valence-electron chi connectivity index (χ4n) is 1.56. The average Bonchev–Trinajstić information content (AvgIpc) is 3.04. The number of rotatable bonds is 6. The summed E-state index contributed by atoms with van der Waals surface area (Å²) in [4.78, 5) is 3.56. The fraction of sp³-hybridized carbons (Fsp3) is 0.467. The zero-order valence-electron chi connectivity index (χ0n) is 11.8. The number of hydrogen-bond acceptors (Lipinski definition) is 4. The number of benzene rings is 1. The van der Waals surface area contributed by atoms with Crippen molar-refractivity contribution in [3.63, 3.8) is 0 Å². The van der Waals surface area contributed by atoms with Gasteiger partial charge in [-0.15, -0.1) is 0 Å². The summed E-state index contributed by atoms with van der Waals surface area (Å²) in [6.45, 7) is 2.50. The van der Waals surface area contributed by atoms with Crippen LogP contribution >= 0.6 is 23.2 Å². The van der Waals surface area contributed by atoms with Gasteiger partial charge >= 0.3 is 0 Å². The maximum Gasteiger partial charge on any atom is 0.137 e. The van der Waals surface area contributed by atoms with Gasteiger partial charge < -0.3 is 9.84 Å². The van der Waals surface area contributed by atoms with Crippen molar-refractivity contribution in [3.05, 3.63) is 46.5 Å². The Bertz CT molecular complexity index is 478. The van der Waals surface area contributed by atoms with E-state index in [1.54, 1.807) is 12.1 Å². The van der Waals surface area contributed by atoms with Gasteiger partial charge in [0.2, 0.25) is 0 Å². The number of hydrogen-bond donors (Lipinski definition) is 2. The minimum atomic E-state index is -0.114. The Balaban J connectivity index is 0.000000622. The Morgan fingerprint density at radius 1 is 1.36 bits per heavy atom. The van der Waals surface area contributed by atoms with Crippen LogP contribution in [0.5, 0.6) is 0 Å². The average molecular weight is 348 g/mol. The van der Waals surface area contributed by atoms with E-state index in [4.69, 9.17) is 33.0 Å². The predicted molar refractivity (Wildman–Crippen MR) is 90.1 cm³/mol. The third kappa shape index (κ3) is 8.34. The number of aliphatic hydroxyl groups excluding tert-OH is 1. The van der Waals surface area contributed by atoms with Crippen LogP contribution in [0.4, 0.5) is 0 Å². The summed E-state index contributed by atoms with van der Waals surface area (Å²) in [5.74, 6) is 0. The van der Waals surface area contributed by atoms with Crippen LogP contribution in [0.15, 0.2) is 30.9 Å². The van der Waals surface area contributed by atoms with Crippen LogP contribution in [0.3, 0.4) is 0 Å². The molecule has 0 amide bonds. The van der Waals surface area contributed by atoms with Gasteiger partial charge in [-0.2, -0.15) is 5.10 Å². The number of aromatic nitrogens is 3. The molecular formula is C15H23Cl2N3O2. The normalized spacial score (nSPS) is 11.1. The van der Waals surface area contributed by atoms with E-state index in [0.717, 1.165) is 18.4 Å². The molecule has 7 heteroatoms. The van der Waals surface area contributed by atoms with Crippen LogP contribution in [0, 0.1) is 0 Å². The standard InChI is InChI=1S/C12H16Cl2O2.C2H3N3.CH4/c1-2-3-11(7-15)16-8-9-4-5-10(13)6-12(9)14;1-3-2-5-4-1;/h4-6,11,15H,2-3,7-8H2,1H3;1-2H,(H,3,4,5);1H4. The van der Waals surface area contributed by atoms with E-state index < -0.39 is 0 Å². The predicted octanol–water partition coefficient (Wildman–Crippen LogP) is 4.11. The molecule has 0 aliphatic carbocycles. The lowest BCUT2D eigenvalue weighted by Crippen LogP contribution is -2.17. The second kappa shape index (κ2) is 12.4. The van der Waals surface area contributed by atoms with Crippen LogP contribution in [-0.2, 0) is 11.3 Å². The Morgan fingerprint density at radius 2 is 2.14 bits per heavy atom. The summed E-state index contributed by atoms with van der Waals surface area (Å²) in [5, 5.41) is 16.3. The van der Waals surface area contributed by atoms with Crippen molar-refractivity contribution in [1.29, 1.82) is 0 Å². The lowest BCUT2D eigenvalue weighted by Gasteiger charge is -2.15. The Labute approximate surface area is 141 Å². The number of halogens is 2. The molecule has 5 nitrogen and oxygen atoms in total. The fourth-order valence-corrected chi connectivity index (χ4v) is 2.03. The molecule has 0 aliphatic rings. The van der Waals surface area contributed by atoms with Gasteiger partial charge in [-0.3, -0.25) is 5.10 Å². The summed E-state index contributed by atoms with van der Waals surface area (Å²) < 4.78 is 5.56. The van der Waals surface area contributed by atoms with Gasteiger partial charge in [0, 0.05) is 10.0 Å². The summed E-state index contributed by atoms with van der Waals surface area (Å²) in [6, 6.07) is 5.31. The number of aromatic amines is 1. The second-order valence-electron chi connectivity index (χ2n) is 4.29. The molecule has 0 spiro atoms. The summed E-state index contributed by atoms with van der Waals surface area (Å²) in [6.07, 6.45) is 4.68. The van der Waals surface area contributed by atoms with E-state index in [-0.39, 0.29) is 20.1 Å². The van der Waals surface area contributed by atoms with Crippen LogP contribution in [0.25, 0.3) is 0 Å². The topological polar surface area (TPSA) is 71.0 Å². The van der Waals surface area contributed by atoms with Gasteiger partial charge in [-0.1, -0.05) is 50.0 Å². The highest BCUT2D eigenvalue weighted by molar-refractivity contribution is 6.35. The van der Waals surface area contributed by atoms with Gasteiger partial charge in [0.15, 0.2) is 0 Å². The quantitative estimate of drug-likeness (QED) is 0.824. The van der Waals surface area contributed by atoms with E-state index in [2.05, 4.69) is 22.1 Å². The van der Waals surface area contributed by atoms with E-state index in [1.165, 1.54) is 12.7 Å². The van der Waals surface area contributed by atoms with E-state index in [9.17, 15) is 0 Å². The van der Waals surface area contributed by atoms with E-state index in [1.807, 2.05) is 6.07 Å². The van der Waals surface area contributed by atoms with Crippen molar-refractivity contribution >= 4 is 23.2 Å². The molecule has 1 aromatic heterocycles. The number of H-pyrrole nitrogens is 1. The molecule has 2 rings (SSSR count). The molecule has 0 bridgehead atoms. The maximum atomic E-state index is 9.07. The first-order chi connectivity index (χ1) is 10.2. The second-order valence-corrected chi connectivity index (χ2v) is 5.14. The molecule has 0 saturated carbocycles. The van der Waals surface area contributed by atoms with Crippen molar-refractivity contribution in [3.8, 4) is 0 Å². The number of ether oxygens (including phenoxy) is 1. The minimum absolute atomic E-state index is 0. The highest BCUT2D eigenvalue weighted by Gasteiger charge is 2.08. The minimum Gasteiger partial charge on any atom is -0.394 e. The molecule has 2 N–H and O–H groups in total. The van der Waals surface area contributed by atoms with Crippen molar-refractivity contribution in [2.45, 2.75) is 39.9 Å². The lowest BCUT2D eigenvalue weighted by atomic mass is 10.2. The van der Waals surface area contributed by atoms with Crippen molar-refractivity contribution in [2.24, 2.45) is 0 Å². The molecule has 0 fully saturated rings. The van der Waals surface area contributed by atoms with Gasteiger partial charge in [0.1, 0.15) is 12.7 Å². The first-order valence-electron chi connectivity index (χ1n) is 6.62.